The van der Waals surface area contributed by atoms with Crippen LogP contribution < -0.4 is 10.2 Å². The minimum Gasteiger partial charge on any atom is -0.322 e. The summed E-state index contributed by atoms with van der Waals surface area (Å²) in [5, 5.41) is 2.89. The molecule has 4 nitrogen and oxygen atoms in total. The van der Waals surface area contributed by atoms with Crippen LogP contribution in [0.3, 0.4) is 0 Å². The third kappa shape index (κ3) is 3.45. The van der Waals surface area contributed by atoms with Gasteiger partial charge >= 0.3 is 0 Å². The molecule has 0 atom stereocenters. The summed E-state index contributed by atoms with van der Waals surface area (Å²) >= 11 is 3.35. The van der Waals surface area contributed by atoms with Gasteiger partial charge in [-0.05, 0) is 55.3 Å². The van der Waals surface area contributed by atoms with E-state index in [0.29, 0.717) is 17.7 Å². The van der Waals surface area contributed by atoms with Crippen molar-refractivity contribution < 1.29 is 9.59 Å². The quantitative estimate of drug-likeness (QED) is 0.879. The number of nitrogens with zero attached hydrogens (tertiary/aromatic N) is 1. The number of aryl methyl sites for hydroxylation is 1. The number of hydrogen-bond acceptors (Lipinski definition) is 2. The van der Waals surface area contributed by atoms with Crippen molar-refractivity contribution in [3.63, 3.8) is 0 Å². The molecule has 1 N–H and O–H groups in total. The second-order valence-electron chi connectivity index (χ2n) is 5.61. The Kier molecular flexibility index (Phi) is 4.48. The molecule has 5 heteroatoms. The van der Waals surface area contributed by atoms with Crippen LogP contribution in [0.1, 0.15) is 28.8 Å². The summed E-state index contributed by atoms with van der Waals surface area (Å²) in [6, 6.07) is 12.8. The van der Waals surface area contributed by atoms with E-state index in [4.69, 9.17) is 0 Å². The zero-order chi connectivity index (χ0) is 16.4. The molecule has 1 aliphatic heterocycles. The molecule has 0 spiro atoms. The third-order valence-electron chi connectivity index (χ3n) is 3.94. The second kappa shape index (κ2) is 6.54. The van der Waals surface area contributed by atoms with Crippen LogP contribution in [0, 0.1) is 6.92 Å². The first-order chi connectivity index (χ1) is 11.0. The molecule has 0 aromatic heterocycles. The average molecular weight is 373 g/mol. The summed E-state index contributed by atoms with van der Waals surface area (Å²) in [6.45, 7) is 2.71. The van der Waals surface area contributed by atoms with Crippen LogP contribution in [-0.2, 0) is 4.79 Å². The van der Waals surface area contributed by atoms with Gasteiger partial charge in [-0.3, -0.25) is 9.59 Å². The maximum atomic E-state index is 12.3. The average Bonchev–Trinajstić information content (AvgIpc) is 2.96. The highest BCUT2D eigenvalue weighted by atomic mass is 79.9. The molecule has 2 amide bonds. The van der Waals surface area contributed by atoms with Crippen LogP contribution in [0.4, 0.5) is 11.4 Å². The molecule has 0 bridgehead atoms. The predicted molar refractivity (Wildman–Crippen MR) is 94.9 cm³/mol. The molecule has 0 saturated carbocycles. The van der Waals surface area contributed by atoms with Gasteiger partial charge in [0.1, 0.15) is 0 Å². The Hall–Kier alpha value is -2.14. The molecule has 0 radical (unpaired) electrons. The van der Waals surface area contributed by atoms with Crippen molar-refractivity contribution in [2.75, 3.05) is 16.8 Å². The topological polar surface area (TPSA) is 49.4 Å². The number of carbonyl (C=O) groups excluding carboxylic acids is 2. The molecule has 1 aliphatic rings. The zero-order valence-electron chi connectivity index (χ0n) is 12.8. The minimum atomic E-state index is -0.167. The Balaban J connectivity index is 1.82. The zero-order valence-corrected chi connectivity index (χ0v) is 14.4. The lowest BCUT2D eigenvalue weighted by Crippen LogP contribution is -2.24. The van der Waals surface area contributed by atoms with Crippen molar-refractivity contribution in [2.24, 2.45) is 0 Å². The largest absolute Gasteiger partial charge is 0.322 e. The number of hydrogen-bond donors (Lipinski definition) is 1. The molecule has 118 valence electrons. The number of anilines is 2. The van der Waals surface area contributed by atoms with Crippen molar-refractivity contribution in [3.8, 4) is 0 Å². The van der Waals surface area contributed by atoms with Gasteiger partial charge in [0.15, 0.2) is 0 Å². The molecule has 1 saturated heterocycles. The predicted octanol–water partition coefficient (Wildman–Crippen LogP) is 4.14. The van der Waals surface area contributed by atoms with E-state index in [-0.39, 0.29) is 11.8 Å². The van der Waals surface area contributed by atoms with Gasteiger partial charge in [0, 0.05) is 34.4 Å². The summed E-state index contributed by atoms with van der Waals surface area (Å²) in [5.41, 5.74) is 3.19. The minimum absolute atomic E-state index is 0.143. The monoisotopic (exact) mass is 372 g/mol. The number of rotatable bonds is 3. The van der Waals surface area contributed by atoms with Crippen LogP contribution in [0.25, 0.3) is 0 Å². The molecule has 3 rings (SSSR count). The molecular weight excluding hydrogens is 356 g/mol. The maximum Gasteiger partial charge on any atom is 0.255 e. The van der Waals surface area contributed by atoms with Crippen LogP contribution in [0.5, 0.6) is 0 Å². The number of halogens is 1. The van der Waals surface area contributed by atoms with Crippen molar-refractivity contribution in [1.29, 1.82) is 0 Å². The fourth-order valence-electron chi connectivity index (χ4n) is 2.69. The number of benzene rings is 2. The van der Waals surface area contributed by atoms with Gasteiger partial charge < -0.3 is 10.2 Å². The Morgan fingerprint density at radius 1 is 1.17 bits per heavy atom. The molecule has 2 aromatic carbocycles. The van der Waals surface area contributed by atoms with Gasteiger partial charge in [-0.15, -0.1) is 0 Å². The molecule has 0 aliphatic carbocycles. The van der Waals surface area contributed by atoms with E-state index in [1.807, 2.05) is 37.3 Å². The molecular formula is C18H17BrN2O2. The molecule has 0 unspecified atom stereocenters. The van der Waals surface area contributed by atoms with Crippen LogP contribution >= 0.6 is 15.9 Å². The first-order valence-electron chi connectivity index (χ1n) is 7.52. The van der Waals surface area contributed by atoms with Crippen molar-refractivity contribution in [1.82, 2.24) is 0 Å². The van der Waals surface area contributed by atoms with E-state index in [9.17, 15) is 9.59 Å². The Morgan fingerprint density at radius 3 is 2.57 bits per heavy atom. The van der Waals surface area contributed by atoms with Crippen molar-refractivity contribution >= 4 is 39.1 Å². The van der Waals surface area contributed by atoms with Gasteiger partial charge in [0.25, 0.3) is 5.91 Å². The van der Waals surface area contributed by atoms with E-state index in [1.54, 1.807) is 17.0 Å². The number of amides is 2. The summed E-state index contributed by atoms with van der Waals surface area (Å²) < 4.78 is 0.930. The van der Waals surface area contributed by atoms with Gasteiger partial charge in [-0.1, -0.05) is 22.0 Å². The van der Waals surface area contributed by atoms with Crippen LogP contribution in [-0.4, -0.2) is 18.4 Å². The van der Waals surface area contributed by atoms with Crippen molar-refractivity contribution in [2.45, 2.75) is 19.8 Å². The first-order valence-corrected chi connectivity index (χ1v) is 8.32. The molecule has 1 fully saturated rings. The fraction of sp³-hybridized carbons (Fsp3) is 0.222. The molecule has 23 heavy (non-hydrogen) atoms. The van der Waals surface area contributed by atoms with Crippen LogP contribution in [0.2, 0.25) is 0 Å². The summed E-state index contributed by atoms with van der Waals surface area (Å²) in [5.74, 6) is -0.0236. The Bertz CT molecular complexity index is 756. The molecule has 2 aromatic rings. The van der Waals surface area contributed by atoms with Crippen LogP contribution in [0.15, 0.2) is 46.9 Å². The van der Waals surface area contributed by atoms with E-state index < -0.39 is 0 Å². The number of carbonyl (C=O) groups is 2. The first kappa shape index (κ1) is 15.7. The van der Waals surface area contributed by atoms with Crippen molar-refractivity contribution in [3.05, 3.63) is 58.1 Å². The highest BCUT2D eigenvalue weighted by Crippen LogP contribution is 2.28. The van der Waals surface area contributed by atoms with Gasteiger partial charge in [0.05, 0.1) is 0 Å². The maximum absolute atomic E-state index is 12.3. The third-order valence-corrected chi connectivity index (χ3v) is 4.47. The summed E-state index contributed by atoms with van der Waals surface area (Å²) in [4.78, 5) is 26.0. The summed E-state index contributed by atoms with van der Waals surface area (Å²) in [7, 11) is 0. The lowest BCUT2D eigenvalue weighted by molar-refractivity contribution is -0.117. The fourth-order valence-corrected chi connectivity index (χ4v) is 2.95. The SMILES string of the molecule is Cc1ccc(NC(=O)c2ccc(Br)cc2)cc1N1CCCC1=O. The molecule has 1 heterocycles. The second-order valence-corrected chi connectivity index (χ2v) is 6.53. The normalized spacial score (nSPS) is 14.2. The number of nitrogens with one attached hydrogen (secondary N) is 1. The smallest absolute Gasteiger partial charge is 0.255 e. The van der Waals surface area contributed by atoms with E-state index in [1.165, 1.54) is 0 Å². The van der Waals surface area contributed by atoms with Gasteiger partial charge in [-0.25, -0.2) is 0 Å². The van der Waals surface area contributed by atoms with E-state index in [2.05, 4.69) is 21.2 Å². The van der Waals surface area contributed by atoms with E-state index >= 15 is 0 Å². The van der Waals surface area contributed by atoms with Gasteiger partial charge in [-0.2, -0.15) is 0 Å². The lowest BCUT2D eigenvalue weighted by Gasteiger charge is -2.19. The lowest BCUT2D eigenvalue weighted by atomic mass is 10.1. The Morgan fingerprint density at radius 2 is 1.91 bits per heavy atom. The Labute approximate surface area is 143 Å². The highest BCUT2D eigenvalue weighted by molar-refractivity contribution is 9.10. The summed E-state index contributed by atoms with van der Waals surface area (Å²) in [6.07, 6.45) is 1.47. The van der Waals surface area contributed by atoms with Gasteiger partial charge in [0.2, 0.25) is 5.91 Å². The highest BCUT2D eigenvalue weighted by Gasteiger charge is 2.23. The standard InChI is InChI=1S/C18H17BrN2O2/c1-12-4-9-15(11-16(12)21-10-2-3-17(21)22)20-18(23)13-5-7-14(19)8-6-13/h4-9,11H,2-3,10H2,1H3,(H,20,23). The van der Waals surface area contributed by atoms with E-state index in [0.717, 1.165) is 28.7 Å².